The maximum absolute atomic E-state index is 12.5. The molecular formula is C19H24N2O2. The average Bonchev–Trinajstić information content (AvgIpc) is 3.23. The van der Waals surface area contributed by atoms with Crippen LogP contribution in [0.4, 0.5) is 0 Å². The lowest BCUT2D eigenvalue weighted by atomic mass is 10.0. The first-order chi connectivity index (χ1) is 11.2. The van der Waals surface area contributed by atoms with Gasteiger partial charge in [0.2, 0.25) is 5.91 Å². The number of carbonyl (C=O) groups excluding carboxylic acids is 1. The summed E-state index contributed by atoms with van der Waals surface area (Å²) in [5.41, 5.74) is 3.69. The second-order valence-electron chi connectivity index (χ2n) is 6.95. The molecule has 1 aliphatic carbocycles. The molecule has 4 heteroatoms. The van der Waals surface area contributed by atoms with Crippen molar-refractivity contribution >= 4 is 16.8 Å². The smallest absolute Gasteiger partial charge is 0.225 e. The lowest BCUT2D eigenvalue weighted by Gasteiger charge is -2.25. The molecule has 1 aromatic carbocycles. The van der Waals surface area contributed by atoms with Crippen LogP contribution in [0.1, 0.15) is 36.9 Å². The van der Waals surface area contributed by atoms with E-state index in [4.69, 9.17) is 4.74 Å². The zero-order valence-electron chi connectivity index (χ0n) is 13.9. The van der Waals surface area contributed by atoms with Crippen molar-refractivity contribution in [2.75, 3.05) is 13.7 Å². The number of hydrogen-bond donors (Lipinski definition) is 1. The molecule has 0 bridgehead atoms. The van der Waals surface area contributed by atoms with Gasteiger partial charge < -0.3 is 14.6 Å². The number of rotatable bonds is 4. The van der Waals surface area contributed by atoms with Crippen LogP contribution in [0.3, 0.4) is 0 Å². The van der Waals surface area contributed by atoms with Crippen molar-refractivity contribution in [3.8, 4) is 5.75 Å². The molecular weight excluding hydrogens is 288 g/mol. The standard InChI is InChI=1S/C19H24N2O2/c1-12-16(17-11-15(23-2)7-8-18(17)20-12)10-14-4-3-9-21(14)19(22)13-5-6-13/h7-8,11,13-14,20H,3-6,9-10H2,1-2H3. The molecule has 4 rings (SSSR count). The van der Waals surface area contributed by atoms with Gasteiger partial charge in [-0.05, 0) is 62.8 Å². The van der Waals surface area contributed by atoms with E-state index in [1.165, 1.54) is 16.6 Å². The van der Waals surface area contributed by atoms with Crippen molar-refractivity contribution in [3.63, 3.8) is 0 Å². The molecule has 2 aliphatic rings. The molecule has 1 amide bonds. The van der Waals surface area contributed by atoms with E-state index in [2.05, 4.69) is 28.9 Å². The number of H-pyrrole nitrogens is 1. The molecule has 1 N–H and O–H groups in total. The van der Waals surface area contributed by atoms with Gasteiger partial charge in [-0.1, -0.05) is 0 Å². The number of aromatic amines is 1. The van der Waals surface area contributed by atoms with Gasteiger partial charge in [-0.25, -0.2) is 0 Å². The van der Waals surface area contributed by atoms with Crippen LogP contribution in [-0.2, 0) is 11.2 Å². The van der Waals surface area contributed by atoms with E-state index in [1.807, 2.05) is 6.07 Å². The van der Waals surface area contributed by atoms with Crippen LogP contribution in [0.15, 0.2) is 18.2 Å². The number of benzene rings is 1. The van der Waals surface area contributed by atoms with E-state index in [1.54, 1.807) is 7.11 Å². The van der Waals surface area contributed by atoms with Crippen LogP contribution in [0.25, 0.3) is 10.9 Å². The van der Waals surface area contributed by atoms with Crippen molar-refractivity contribution in [2.24, 2.45) is 5.92 Å². The normalized spacial score (nSPS) is 21.1. The molecule has 122 valence electrons. The summed E-state index contributed by atoms with van der Waals surface area (Å²) in [5.74, 6) is 1.59. The molecule has 2 aromatic rings. The Kier molecular flexibility index (Phi) is 3.55. The summed E-state index contributed by atoms with van der Waals surface area (Å²) in [6, 6.07) is 6.52. The van der Waals surface area contributed by atoms with Crippen LogP contribution >= 0.6 is 0 Å². The molecule has 23 heavy (non-hydrogen) atoms. The maximum Gasteiger partial charge on any atom is 0.225 e. The Labute approximate surface area is 136 Å². The number of likely N-dealkylation sites (tertiary alicyclic amines) is 1. The average molecular weight is 312 g/mol. The Morgan fingerprint density at radius 3 is 2.91 bits per heavy atom. The number of amides is 1. The van der Waals surface area contributed by atoms with Gasteiger partial charge >= 0.3 is 0 Å². The van der Waals surface area contributed by atoms with E-state index in [-0.39, 0.29) is 0 Å². The fourth-order valence-electron chi connectivity index (χ4n) is 3.89. The van der Waals surface area contributed by atoms with Crippen molar-refractivity contribution in [1.29, 1.82) is 0 Å². The van der Waals surface area contributed by atoms with Crippen LogP contribution < -0.4 is 4.74 Å². The highest BCUT2D eigenvalue weighted by Gasteiger charge is 2.38. The number of carbonyl (C=O) groups is 1. The summed E-state index contributed by atoms with van der Waals surface area (Å²) in [7, 11) is 1.70. The second kappa shape index (κ2) is 5.59. The molecule has 1 saturated heterocycles. The summed E-state index contributed by atoms with van der Waals surface area (Å²) in [6.45, 7) is 3.06. The topological polar surface area (TPSA) is 45.3 Å². The monoisotopic (exact) mass is 312 g/mol. The van der Waals surface area contributed by atoms with Crippen LogP contribution in [0, 0.1) is 12.8 Å². The number of ether oxygens (including phenoxy) is 1. The fraction of sp³-hybridized carbons (Fsp3) is 0.526. The van der Waals surface area contributed by atoms with E-state index < -0.39 is 0 Å². The molecule has 1 saturated carbocycles. The van der Waals surface area contributed by atoms with Crippen LogP contribution in [0.2, 0.25) is 0 Å². The third kappa shape index (κ3) is 2.60. The zero-order chi connectivity index (χ0) is 16.0. The maximum atomic E-state index is 12.5. The lowest BCUT2D eigenvalue weighted by molar-refractivity contribution is -0.133. The molecule has 1 unspecified atom stereocenters. The SMILES string of the molecule is COc1ccc2[nH]c(C)c(CC3CCCN3C(=O)C3CC3)c2c1. The first-order valence-electron chi connectivity index (χ1n) is 8.63. The van der Waals surface area contributed by atoms with Gasteiger partial charge in [0.25, 0.3) is 0 Å². The predicted octanol–water partition coefficient (Wildman–Crippen LogP) is 3.43. The fourth-order valence-corrected chi connectivity index (χ4v) is 3.89. The minimum atomic E-state index is 0.319. The minimum Gasteiger partial charge on any atom is -0.497 e. The lowest BCUT2D eigenvalue weighted by Crippen LogP contribution is -2.37. The van der Waals surface area contributed by atoms with Gasteiger partial charge in [-0.3, -0.25) is 4.79 Å². The number of methoxy groups -OCH3 is 1. The van der Waals surface area contributed by atoms with Gasteiger partial charge in [0, 0.05) is 35.1 Å². The van der Waals surface area contributed by atoms with Gasteiger partial charge in [-0.15, -0.1) is 0 Å². The van der Waals surface area contributed by atoms with E-state index in [0.29, 0.717) is 17.9 Å². The summed E-state index contributed by atoms with van der Waals surface area (Å²) < 4.78 is 5.38. The van der Waals surface area contributed by atoms with E-state index in [9.17, 15) is 4.79 Å². The number of nitrogens with one attached hydrogen (secondary N) is 1. The quantitative estimate of drug-likeness (QED) is 0.940. The molecule has 1 aromatic heterocycles. The summed E-state index contributed by atoms with van der Waals surface area (Å²) in [6.07, 6.45) is 5.37. The number of aryl methyl sites for hydroxylation is 1. The molecule has 2 fully saturated rings. The number of aromatic nitrogens is 1. The van der Waals surface area contributed by atoms with Gasteiger partial charge in [-0.2, -0.15) is 0 Å². The minimum absolute atomic E-state index is 0.319. The Hall–Kier alpha value is -1.97. The van der Waals surface area contributed by atoms with Crippen LogP contribution in [0.5, 0.6) is 5.75 Å². The molecule has 4 nitrogen and oxygen atoms in total. The van der Waals surface area contributed by atoms with Crippen molar-refractivity contribution < 1.29 is 9.53 Å². The Bertz CT molecular complexity index is 745. The van der Waals surface area contributed by atoms with Crippen molar-refractivity contribution in [3.05, 3.63) is 29.5 Å². The summed E-state index contributed by atoms with van der Waals surface area (Å²) in [4.78, 5) is 18.1. The highest BCUT2D eigenvalue weighted by Crippen LogP contribution is 2.35. The third-order valence-electron chi connectivity index (χ3n) is 5.35. The van der Waals surface area contributed by atoms with Gasteiger partial charge in [0.05, 0.1) is 7.11 Å². The molecule has 1 atom stereocenters. The molecule has 2 heterocycles. The number of fused-ring (bicyclic) bond motifs is 1. The summed E-state index contributed by atoms with van der Waals surface area (Å²) in [5, 5.41) is 1.23. The number of nitrogens with zero attached hydrogens (tertiary/aromatic N) is 1. The Morgan fingerprint density at radius 2 is 2.17 bits per heavy atom. The third-order valence-corrected chi connectivity index (χ3v) is 5.35. The second-order valence-corrected chi connectivity index (χ2v) is 6.95. The Balaban J connectivity index is 1.63. The van der Waals surface area contributed by atoms with Gasteiger partial charge in [0.1, 0.15) is 5.75 Å². The highest BCUT2D eigenvalue weighted by molar-refractivity contribution is 5.86. The van der Waals surface area contributed by atoms with Crippen molar-refractivity contribution in [1.82, 2.24) is 9.88 Å². The summed E-state index contributed by atoms with van der Waals surface area (Å²) >= 11 is 0. The molecule has 1 aliphatic heterocycles. The first-order valence-corrected chi connectivity index (χ1v) is 8.63. The zero-order valence-corrected chi connectivity index (χ0v) is 13.9. The van der Waals surface area contributed by atoms with E-state index in [0.717, 1.165) is 49.9 Å². The van der Waals surface area contributed by atoms with Crippen LogP contribution in [-0.4, -0.2) is 35.5 Å². The largest absolute Gasteiger partial charge is 0.497 e. The number of hydrogen-bond acceptors (Lipinski definition) is 2. The molecule has 0 spiro atoms. The van der Waals surface area contributed by atoms with Gasteiger partial charge in [0.15, 0.2) is 0 Å². The highest BCUT2D eigenvalue weighted by atomic mass is 16.5. The molecule has 0 radical (unpaired) electrons. The Morgan fingerprint density at radius 1 is 1.35 bits per heavy atom. The predicted molar refractivity (Wildman–Crippen MR) is 90.8 cm³/mol. The van der Waals surface area contributed by atoms with Crippen molar-refractivity contribution in [2.45, 2.75) is 45.1 Å². The first kappa shape index (κ1) is 14.6. The van der Waals surface area contributed by atoms with E-state index >= 15 is 0 Å².